The van der Waals surface area contributed by atoms with Gasteiger partial charge in [-0.15, -0.1) is 0 Å². The van der Waals surface area contributed by atoms with Gasteiger partial charge in [0.25, 0.3) is 0 Å². The van der Waals surface area contributed by atoms with Crippen molar-refractivity contribution in [3.63, 3.8) is 0 Å². The van der Waals surface area contributed by atoms with Gasteiger partial charge in [0.15, 0.2) is 0 Å². The van der Waals surface area contributed by atoms with Gasteiger partial charge in [0.05, 0.1) is 19.4 Å². The number of nitrogens with zero attached hydrogens (tertiary/aromatic N) is 1. The molecule has 0 spiro atoms. The highest BCUT2D eigenvalue weighted by Gasteiger charge is 2.01. The number of benzene rings is 2. The second-order valence-corrected chi connectivity index (χ2v) is 4.54. The van der Waals surface area contributed by atoms with Crippen LogP contribution in [0.25, 0.3) is 11.1 Å². The van der Waals surface area contributed by atoms with E-state index in [9.17, 15) is 0 Å². The van der Waals surface area contributed by atoms with E-state index in [2.05, 4.69) is 5.16 Å². The summed E-state index contributed by atoms with van der Waals surface area (Å²) < 4.78 is 5.15. The average molecular weight is 285 g/mol. The largest absolute Gasteiger partial charge is 0.497 e. The van der Waals surface area contributed by atoms with E-state index >= 15 is 0 Å². The summed E-state index contributed by atoms with van der Waals surface area (Å²) in [7, 11) is 1.66. The van der Waals surface area contributed by atoms with Crippen molar-refractivity contribution in [1.82, 2.24) is 0 Å². The van der Waals surface area contributed by atoms with Gasteiger partial charge in [0.1, 0.15) is 12.4 Å². The lowest BCUT2D eigenvalue weighted by Crippen LogP contribution is -1.99. The van der Waals surface area contributed by atoms with Crippen molar-refractivity contribution in [2.24, 2.45) is 5.16 Å². The van der Waals surface area contributed by atoms with Gasteiger partial charge in [-0.25, -0.2) is 0 Å². The van der Waals surface area contributed by atoms with E-state index in [0.717, 1.165) is 28.2 Å². The lowest BCUT2D eigenvalue weighted by Gasteiger charge is -2.06. The Balaban J connectivity index is 2.12. The minimum Gasteiger partial charge on any atom is -0.497 e. The molecule has 2 aromatic carbocycles. The first-order chi connectivity index (χ1) is 10.2. The molecule has 0 aromatic heterocycles. The highest BCUT2D eigenvalue weighted by atomic mass is 16.6. The average Bonchev–Trinajstić information content (AvgIpc) is 2.55. The molecule has 0 saturated carbocycles. The smallest absolute Gasteiger partial charge is 0.140 e. The van der Waals surface area contributed by atoms with Gasteiger partial charge in [-0.2, -0.15) is 0 Å². The lowest BCUT2D eigenvalue weighted by atomic mass is 10.0. The molecule has 0 radical (unpaired) electrons. The van der Waals surface area contributed by atoms with Gasteiger partial charge in [0, 0.05) is 0 Å². The van der Waals surface area contributed by atoms with E-state index in [1.807, 2.05) is 55.5 Å². The van der Waals surface area contributed by atoms with Crippen LogP contribution in [-0.2, 0) is 4.84 Å². The van der Waals surface area contributed by atoms with Gasteiger partial charge < -0.3 is 14.7 Å². The zero-order valence-electron chi connectivity index (χ0n) is 12.2. The molecule has 0 fully saturated rings. The Hall–Kier alpha value is -2.33. The number of ether oxygens (including phenoxy) is 1. The second-order valence-electron chi connectivity index (χ2n) is 4.54. The van der Waals surface area contributed by atoms with E-state index in [0.29, 0.717) is 0 Å². The maximum absolute atomic E-state index is 8.65. The molecule has 0 amide bonds. The van der Waals surface area contributed by atoms with Crippen LogP contribution in [0.5, 0.6) is 5.75 Å². The summed E-state index contributed by atoms with van der Waals surface area (Å²) in [5.74, 6) is 0.847. The molecule has 110 valence electrons. The first-order valence-corrected chi connectivity index (χ1v) is 6.77. The van der Waals surface area contributed by atoms with Crippen molar-refractivity contribution in [1.29, 1.82) is 0 Å². The minimum atomic E-state index is -0.0345. The van der Waals surface area contributed by atoms with Crippen LogP contribution in [0.15, 0.2) is 53.7 Å². The Morgan fingerprint density at radius 3 is 2.10 bits per heavy atom. The fraction of sp³-hybridized carbons (Fsp3) is 0.235. The number of oxime groups is 1. The summed E-state index contributed by atoms with van der Waals surface area (Å²) in [5, 5.41) is 12.6. The molecule has 21 heavy (non-hydrogen) atoms. The Labute approximate surface area is 124 Å². The third kappa shape index (κ3) is 4.07. The van der Waals surface area contributed by atoms with Gasteiger partial charge in [-0.05, 0) is 35.7 Å². The highest BCUT2D eigenvalue weighted by molar-refractivity contribution is 5.98. The topological polar surface area (TPSA) is 51.0 Å². The molecule has 4 nitrogen and oxygen atoms in total. The van der Waals surface area contributed by atoms with Crippen LogP contribution in [0.3, 0.4) is 0 Å². The molecule has 4 heteroatoms. The third-order valence-corrected chi connectivity index (χ3v) is 3.11. The molecule has 0 saturated heterocycles. The van der Waals surface area contributed by atoms with Crippen molar-refractivity contribution in [2.75, 3.05) is 20.3 Å². The normalized spacial score (nSPS) is 11.3. The molecule has 0 aliphatic rings. The van der Waals surface area contributed by atoms with Crippen molar-refractivity contribution in [3.05, 3.63) is 54.1 Å². The Morgan fingerprint density at radius 2 is 1.57 bits per heavy atom. The quantitative estimate of drug-likeness (QED) is 0.504. The monoisotopic (exact) mass is 285 g/mol. The minimum absolute atomic E-state index is 0.0345. The van der Waals surface area contributed by atoms with Crippen molar-refractivity contribution >= 4 is 5.71 Å². The van der Waals surface area contributed by atoms with Crippen LogP contribution in [0.1, 0.15) is 12.5 Å². The number of aliphatic hydroxyl groups is 1. The first kappa shape index (κ1) is 15.1. The fourth-order valence-electron chi connectivity index (χ4n) is 1.92. The second kappa shape index (κ2) is 7.45. The number of rotatable bonds is 6. The summed E-state index contributed by atoms with van der Waals surface area (Å²) in [4.78, 5) is 4.96. The Bertz CT molecular complexity index is 588. The predicted molar refractivity (Wildman–Crippen MR) is 83.7 cm³/mol. The van der Waals surface area contributed by atoms with Crippen molar-refractivity contribution in [2.45, 2.75) is 6.92 Å². The van der Waals surface area contributed by atoms with Crippen LogP contribution in [0, 0.1) is 0 Å². The van der Waals surface area contributed by atoms with Crippen LogP contribution < -0.4 is 4.74 Å². The molecule has 0 bridgehead atoms. The number of methoxy groups -OCH3 is 1. The van der Waals surface area contributed by atoms with Gasteiger partial charge in [0.2, 0.25) is 0 Å². The summed E-state index contributed by atoms with van der Waals surface area (Å²) in [5.41, 5.74) is 4.04. The van der Waals surface area contributed by atoms with Crippen LogP contribution in [0.2, 0.25) is 0 Å². The van der Waals surface area contributed by atoms with Gasteiger partial charge in [-0.1, -0.05) is 41.6 Å². The maximum Gasteiger partial charge on any atom is 0.140 e. The fourth-order valence-corrected chi connectivity index (χ4v) is 1.92. The van der Waals surface area contributed by atoms with Crippen molar-refractivity contribution in [3.8, 4) is 16.9 Å². The summed E-state index contributed by atoms with van der Waals surface area (Å²) in [6, 6.07) is 16.0. The van der Waals surface area contributed by atoms with Crippen LogP contribution >= 0.6 is 0 Å². The van der Waals surface area contributed by atoms with E-state index in [1.54, 1.807) is 7.11 Å². The summed E-state index contributed by atoms with van der Waals surface area (Å²) >= 11 is 0. The van der Waals surface area contributed by atoms with Crippen LogP contribution in [-0.4, -0.2) is 31.1 Å². The van der Waals surface area contributed by atoms with Crippen molar-refractivity contribution < 1.29 is 14.7 Å². The predicted octanol–water partition coefficient (Wildman–Crippen LogP) is 3.10. The molecule has 0 heterocycles. The lowest BCUT2D eigenvalue weighted by molar-refractivity contribution is 0.0986. The molecule has 0 atom stereocenters. The molecule has 0 unspecified atom stereocenters. The standard InChI is InChI=1S/C17H19NO3/c1-13(18-21-12-11-19)14-3-5-15(6-4-14)16-7-9-17(20-2)10-8-16/h3-10,19H,11-12H2,1-2H3. The molecule has 2 aromatic rings. The number of hydrogen-bond acceptors (Lipinski definition) is 4. The molecule has 2 rings (SSSR count). The highest BCUT2D eigenvalue weighted by Crippen LogP contribution is 2.22. The number of hydrogen-bond donors (Lipinski definition) is 1. The van der Waals surface area contributed by atoms with E-state index in [1.165, 1.54) is 0 Å². The maximum atomic E-state index is 8.65. The SMILES string of the molecule is COc1ccc(-c2ccc(C(C)=NOCCO)cc2)cc1. The molecule has 0 aliphatic heterocycles. The van der Waals surface area contributed by atoms with E-state index < -0.39 is 0 Å². The first-order valence-electron chi connectivity index (χ1n) is 6.77. The summed E-state index contributed by atoms with van der Waals surface area (Å²) in [6.45, 7) is 2.05. The summed E-state index contributed by atoms with van der Waals surface area (Å²) in [6.07, 6.45) is 0. The molecular formula is C17H19NO3. The third-order valence-electron chi connectivity index (χ3n) is 3.11. The number of aliphatic hydroxyl groups excluding tert-OH is 1. The Morgan fingerprint density at radius 1 is 1.00 bits per heavy atom. The molecule has 0 aliphatic carbocycles. The molecular weight excluding hydrogens is 266 g/mol. The van der Waals surface area contributed by atoms with Crippen LogP contribution in [0.4, 0.5) is 0 Å². The van der Waals surface area contributed by atoms with Gasteiger partial charge >= 0.3 is 0 Å². The van der Waals surface area contributed by atoms with E-state index in [-0.39, 0.29) is 13.2 Å². The van der Waals surface area contributed by atoms with Gasteiger partial charge in [-0.3, -0.25) is 0 Å². The molecule has 1 N–H and O–H groups in total. The van der Waals surface area contributed by atoms with E-state index in [4.69, 9.17) is 14.7 Å². The Kier molecular flexibility index (Phi) is 5.35. The zero-order chi connectivity index (χ0) is 15.1. The zero-order valence-corrected chi connectivity index (χ0v) is 12.2.